The first-order chi connectivity index (χ1) is 25.9. The molecule has 0 radical (unpaired) electrons. The lowest BCUT2D eigenvalue weighted by atomic mass is 9.64. The molecule has 0 N–H and O–H groups in total. The van der Waals surface area contributed by atoms with Crippen LogP contribution in [0.15, 0.2) is 175 Å². The summed E-state index contributed by atoms with van der Waals surface area (Å²) in [5, 5.41) is 8.03. The molecule has 2 nitrogen and oxygen atoms in total. The lowest BCUT2D eigenvalue weighted by Crippen LogP contribution is -2.45. The fourth-order valence-electron chi connectivity index (χ4n) is 9.75. The second-order valence-electron chi connectivity index (χ2n) is 15.5. The van der Waals surface area contributed by atoms with Crippen LogP contribution in [0.1, 0.15) is 32.8 Å². The lowest BCUT2D eigenvalue weighted by molar-refractivity contribution is 0.334. The third kappa shape index (κ3) is 4.26. The molecule has 0 bridgehead atoms. The highest BCUT2D eigenvalue weighted by atomic mass is 32.1. The first kappa shape index (κ1) is 30.7. The second kappa shape index (κ2) is 11.1. The van der Waals surface area contributed by atoms with Crippen LogP contribution in [0.3, 0.4) is 0 Å². The number of para-hydroxylation sites is 2. The molecular weight excluding hydrogens is 661 g/mol. The van der Waals surface area contributed by atoms with Crippen molar-refractivity contribution >= 4 is 75.5 Å². The molecule has 0 saturated carbocycles. The summed E-state index contributed by atoms with van der Waals surface area (Å²) in [6, 6.07) is 55.8. The van der Waals surface area contributed by atoms with Gasteiger partial charge >= 0.3 is 0 Å². The van der Waals surface area contributed by atoms with Crippen molar-refractivity contribution in [3.8, 4) is 11.1 Å². The zero-order valence-electron chi connectivity index (χ0n) is 30.1. The van der Waals surface area contributed by atoms with E-state index in [0.717, 1.165) is 17.8 Å². The Labute approximate surface area is 313 Å². The van der Waals surface area contributed by atoms with Crippen LogP contribution < -0.4 is 4.90 Å². The van der Waals surface area contributed by atoms with Crippen molar-refractivity contribution in [3.05, 3.63) is 181 Å². The van der Waals surface area contributed by atoms with E-state index in [-0.39, 0.29) is 11.0 Å². The minimum absolute atomic E-state index is 0.214. The van der Waals surface area contributed by atoms with Gasteiger partial charge < -0.3 is 9.47 Å². The van der Waals surface area contributed by atoms with Crippen LogP contribution in [0.4, 0.5) is 11.4 Å². The standard InChI is InChI=1S/C50H38N2S/c1-49(2)42-31-41-39-19-10-12-23-44(39)53-48(41)46-40-20-9-11-22-43(40)52(47(42)46)50(3)29-28-36(30-45(49)50)51(34-16-5-4-6-17-34)35-26-24-33(25-27-35)38-21-13-15-32-14-7-8-18-37(32)38/h4-28,30-31H,29H2,1-3H3. The van der Waals surface area contributed by atoms with Gasteiger partial charge in [0.25, 0.3) is 0 Å². The number of anilines is 2. The van der Waals surface area contributed by atoms with E-state index in [9.17, 15) is 0 Å². The summed E-state index contributed by atoms with van der Waals surface area (Å²) >= 11 is 1.94. The Kier molecular flexibility index (Phi) is 6.40. The highest BCUT2D eigenvalue weighted by Crippen LogP contribution is 2.58. The third-order valence-corrected chi connectivity index (χ3v) is 13.4. The van der Waals surface area contributed by atoms with Gasteiger partial charge in [0.15, 0.2) is 0 Å². The molecule has 7 aromatic carbocycles. The molecule has 2 aromatic heterocycles. The number of allylic oxidation sites excluding steroid dienone is 3. The molecule has 1 atom stereocenters. The van der Waals surface area contributed by atoms with Crippen molar-refractivity contribution in [3.63, 3.8) is 0 Å². The predicted octanol–water partition coefficient (Wildman–Crippen LogP) is 14.0. The first-order valence-electron chi connectivity index (χ1n) is 18.7. The van der Waals surface area contributed by atoms with Crippen LogP contribution in [0.25, 0.3) is 63.9 Å². The van der Waals surface area contributed by atoms with Gasteiger partial charge in [0.2, 0.25) is 0 Å². The highest BCUT2D eigenvalue weighted by Gasteiger charge is 2.48. The second-order valence-corrected chi connectivity index (χ2v) is 16.6. The van der Waals surface area contributed by atoms with Crippen LogP contribution in [0.2, 0.25) is 0 Å². The van der Waals surface area contributed by atoms with Crippen molar-refractivity contribution in [2.45, 2.75) is 38.1 Å². The van der Waals surface area contributed by atoms with Gasteiger partial charge in [0.05, 0.1) is 11.1 Å². The van der Waals surface area contributed by atoms with E-state index in [1.54, 1.807) is 0 Å². The van der Waals surface area contributed by atoms with Crippen LogP contribution in [0, 0.1) is 0 Å². The monoisotopic (exact) mass is 698 g/mol. The van der Waals surface area contributed by atoms with Gasteiger partial charge in [-0.25, -0.2) is 0 Å². The number of thiophene rings is 1. The normalized spacial score (nSPS) is 17.7. The summed E-state index contributed by atoms with van der Waals surface area (Å²) < 4.78 is 5.46. The average Bonchev–Trinajstić information content (AvgIpc) is 3.75. The Balaban J connectivity index is 1.11. The van der Waals surface area contributed by atoms with Crippen molar-refractivity contribution in [1.29, 1.82) is 0 Å². The van der Waals surface area contributed by atoms with Crippen molar-refractivity contribution in [2.75, 3.05) is 4.90 Å². The molecule has 0 amide bonds. The first-order valence-corrected chi connectivity index (χ1v) is 19.5. The quantitative estimate of drug-likeness (QED) is 0.178. The Morgan fingerprint density at radius 3 is 2.13 bits per heavy atom. The van der Waals surface area contributed by atoms with Gasteiger partial charge in [-0.1, -0.05) is 129 Å². The van der Waals surface area contributed by atoms with E-state index in [1.807, 2.05) is 11.3 Å². The van der Waals surface area contributed by atoms with Crippen LogP contribution >= 0.6 is 11.3 Å². The van der Waals surface area contributed by atoms with Crippen LogP contribution in [-0.4, -0.2) is 4.57 Å². The van der Waals surface area contributed by atoms with E-state index in [0.29, 0.717) is 0 Å². The molecule has 2 aliphatic rings. The summed E-state index contributed by atoms with van der Waals surface area (Å²) in [6.45, 7) is 7.40. The molecule has 1 aliphatic heterocycles. The Morgan fingerprint density at radius 2 is 1.30 bits per heavy atom. The van der Waals surface area contributed by atoms with Crippen molar-refractivity contribution in [2.24, 2.45) is 0 Å². The summed E-state index contributed by atoms with van der Waals surface area (Å²) in [4.78, 5) is 2.45. The zero-order valence-corrected chi connectivity index (χ0v) is 30.9. The number of hydrogen-bond donors (Lipinski definition) is 0. The molecule has 9 aromatic rings. The average molecular weight is 699 g/mol. The Bertz CT molecular complexity index is 3010. The van der Waals surface area contributed by atoms with E-state index < -0.39 is 0 Å². The maximum Gasteiger partial charge on any atom is 0.0682 e. The smallest absolute Gasteiger partial charge is 0.0682 e. The minimum atomic E-state index is -0.230. The SMILES string of the molecule is CC1(C)C2=CC(N(c3ccccc3)c3ccc(-c4cccc5ccccc45)cc3)=CCC2(C)n2c3ccccc3c3c4sc5ccccc5c4cc1c32. The molecule has 0 saturated heterocycles. The molecule has 254 valence electrons. The molecular formula is C50H38N2S. The molecule has 3 heterocycles. The van der Waals surface area contributed by atoms with Gasteiger partial charge in [-0.15, -0.1) is 11.3 Å². The fraction of sp³-hybridized carbons (Fsp3) is 0.120. The molecule has 0 fully saturated rings. The number of benzene rings is 7. The number of rotatable bonds is 4. The Morgan fingerprint density at radius 1 is 0.623 bits per heavy atom. The topological polar surface area (TPSA) is 8.17 Å². The third-order valence-electron chi connectivity index (χ3n) is 12.2. The van der Waals surface area contributed by atoms with Crippen LogP contribution in [-0.2, 0) is 11.0 Å². The number of nitrogens with zero attached hydrogens (tertiary/aromatic N) is 2. The fourth-order valence-corrected chi connectivity index (χ4v) is 11.0. The van der Waals surface area contributed by atoms with Crippen molar-refractivity contribution in [1.82, 2.24) is 4.57 Å². The zero-order chi connectivity index (χ0) is 35.5. The summed E-state index contributed by atoms with van der Waals surface area (Å²) in [7, 11) is 0. The summed E-state index contributed by atoms with van der Waals surface area (Å²) in [5.74, 6) is 0. The van der Waals surface area contributed by atoms with Crippen molar-refractivity contribution < 1.29 is 0 Å². The van der Waals surface area contributed by atoms with E-state index in [1.165, 1.54) is 80.7 Å². The van der Waals surface area contributed by atoms with E-state index >= 15 is 0 Å². The lowest BCUT2D eigenvalue weighted by Gasteiger charge is -2.50. The van der Waals surface area contributed by atoms with E-state index in [2.05, 4.69) is 194 Å². The molecule has 0 spiro atoms. The van der Waals surface area contributed by atoms with Gasteiger partial charge in [-0.3, -0.25) is 0 Å². The van der Waals surface area contributed by atoms with Crippen LogP contribution in [0.5, 0.6) is 0 Å². The maximum absolute atomic E-state index is 2.70. The van der Waals surface area contributed by atoms with Gasteiger partial charge in [0, 0.05) is 58.9 Å². The highest BCUT2D eigenvalue weighted by molar-refractivity contribution is 7.26. The predicted molar refractivity (Wildman–Crippen MR) is 228 cm³/mol. The molecule has 1 aliphatic carbocycles. The largest absolute Gasteiger partial charge is 0.330 e. The molecule has 11 rings (SSSR count). The van der Waals surface area contributed by atoms with Gasteiger partial charge in [-0.05, 0) is 94.9 Å². The maximum atomic E-state index is 2.70. The molecule has 53 heavy (non-hydrogen) atoms. The number of fused-ring (bicyclic) bond motifs is 10. The van der Waals surface area contributed by atoms with E-state index in [4.69, 9.17) is 0 Å². The Hall–Kier alpha value is -5.90. The molecule has 3 heteroatoms. The van der Waals surface area contributed by atoms with Gasteiger partial charge in [-0.2, -0.15) is 0 Å². The summed E-state index contributed by atoms with van der Waals surface area (Å²) in [5.41, 5.74) is 11.1. The number of hydrogen-bond acceptors (Lipinski definition) is 2. The minimum Gasteiger partial charge on any atom is -0.330 e. The number of aromatic nitrogens is 1. The molecule has 1 unspecified atom stereocenters. The summed E-state index contributed by atoms with van der Waals surface area (Å²) in [6.07, 6.45) is 5.90. The van der Waals surface area contributed by atoms with Gasteiger partial charge in [0.1, 0.15) is 0 Å².